The van der Waals surface area contributed by atoms with E-state index in [-0.39, 0.29) is 11.5 Å². The highest BCUT2D eigenvalue weighted by Crippen LogP contribution is 2.07. The van der Waals surface area contributed by atoms with Gasteiger partial charge in [0.05, 0.1) is 5.75 Å². The van der Waals surface area contributed by atoms with Crippen LogP contribution in [0.15, 0.2) is 54.9 Å². The molecule has 0 saturated heterocycles. The minimum absolute atomic E-state index is 0.0549. The van der Waals surface area contributed by atoms with Crippen molar-refractivity contribution in [2.24, 2.45) is 0 Å². The van der Waals surface area contributed by atoms with Crippen LogP contribution >= 0.6 is 0 Å². The van der Waals surface area contributed by atoms with Crippen LogP contribution in [-0.4, -0.2) is 24.5 Å². The molecule has 5 nitrogen and oxygen atoms in total. The van der Waals surface area contributed by atoms with Crippen molar-refractivity contribution in [3.63, 3.8) is 0 Å². The molecule has 0 radical (unpaired) electrons. The lowest BCUT2D eigenvalue weighted by Crippen LogP contribution is -2.33. The van der Waals surface area contributed by atoms with E-state index in [2.05, 4.69) is 0 Å². The molecule has 0 unspecified atom stereocenters. The van der Waals surface area contributed by atoms with Crippen molar-refractivity contribution in [2.75, 3.05) is 5.75 Å². The van der Waals surface area contributed by atoms with Gasteiger partial charge in [-0.2, -0.15) is 8.42 Å². The number of nitrogens with zero attached hydrogens (tertiary/aromatic N) is 1. The second-order valence-corrected chi connectivity index (χ2v) is 6.23. The van der Waals surface area contributed by atoms with Crippen LogP contribution in [0.3, 0.4) is 0 Å². The quantitative estimate of drug-likeness (QED) is 0.498. The Morgan fingerprint density at radius 1 is 1.00 bits per heavy atom. The highest BCUT2D eigenvalue weighted by Gasteiger charge is 2.11. The van der Waals surface area contributed by atoms with E-state index in [4.69, 9.17) is 4.55 Å². The molecular formula is C15H16NO4S+. The SMILES string of the molecule is O=C(c1ccccc1)c1cc[n+](CCCS(=O)(=O)O)cc1. The van der Waals surface area contributed by atoms with Gasteiger partial charge in [0.1, 0.15) is 6.54 Å². The third-order valence-electron chi connectivity index (χ3n) is 3.01. The average molecular weight is 306 g/mol. The van der Waals surface area contributed by atoms with E-state index in [0.29, 0.717) is 24.1 Å². The van der Waals surface area contributed by atoms with Gasteiger partial charge in [0.15, 0.2) is 18.2 Å². The van der Waals surface area contributed by atoms with Crippen LogP contribution in [0.2, 0.25) is 0 Å². The summed E-state index contributed by atoms with van der Waals surface area (Å²) in [5.41, 5.74) is 1.20. The van der Waals surface area contributed by atoms with E-state index >= 15 is 0 Å². The van der Waals surface area contributed by atoms with Gasteiger partial charge in [-0.25, -0.2) is 4.57 Å². The first-order valence-electron chi connectivity index (χ1n) is 6.50. The summed E-state index contributed by atoms with van der Waals surface area (Å²) in [6, 6.07) is 12.4. The van der Waals surface area contributed by atoms with Crippen LogP contribution in [0.4, 0.5) is 0 Å². The zero-order valence-electron chi connectivity index (χ0n) is 11.3. The monoisotopic (exact) mass is 306 g/mol. The maximum absolute atomic E-state index is 12.2. The van der Waals surface area contributed by atoms with Crippen molar-refractivity contribution in [1.82, 2.24) is 0 Å². The molecule has 0 aliphatic heterocycles. The maximum Gasteiger partial charge on any atom is 0.265 e. The van der Waals surface area contributed by atoms with Crippen molar-refractivity contribution in [3.05, 3.63) is 66.0 Å². The van der Waals surface area contributed by atoms with E-state index in [1.807, 2.05) is 18.2 Å². The molecule has 0 bridgehead atoms. The van der Waals surface area contributed by atoms with Crippen molar-refractivity contribution < 1.29 is 22.3 Å². The fourth-order valence-corrected chi connectivity index (χ4v) is 2.44. The van der Waals surface area contributed by atoms with E-state index in [9.17, 15) is 13.2 Å². The number of aromatic nitrogens is 1. The van der Waals surface area contributed by atoms with Crippen molar-refractivity contribution >= 4 is 15.9 Å². The highest BCUT2D eigenvalue weighted by molar-refractivity contribution is 7.85. The van der Waals surface area contributed by atoms with E-state index in [1.54, 1.807) is 41.2 Å². The molecule has 0 spiro atoms. The number of rotatable bonds is 6. The van der Waals surface area contributed by atoms with Crippen molar-refractivity contribution in [2.45, 2.75) is 13.0 Å². The smallest absolute Gasteiger partial charge is 0.265 e. The van der Waals surface area contributed by atoms with Crippen LogP contribution in [0.5, 0.6) is 0 Å². The molecule has 0 atom stereocenters. The Hall–Kier alpha value is -2.05. The minimum Gasteiger partial charge on any atom is -0.289 e. The zero-order chi connectivity index (χ0) is 15.3. The van der Waals surface area contributed by atoms with Gasteiger partial charge in [-0.15, -0.1) is 0 Å². The van der Waals surface area contributed by atoms with Crippen LogP contribution < -0.4 is 4.57 Å². The second kappa shape index (κ2) is 6.60. The van der Waals surface area contributed by atoms with Gasteiger partial charge in [0, 0.05) is 29.7 Å². The summed E-state index contributed by atoms with van der Waals surface area (Å²) in [4.78, 5) is 12.2. The molecule has 2 aromatic rings. The summed E-state index contributed by atoms with van der Waals surface area (Å²) in [5.74, 6) is -0.328. The summed E-state index contributed by atoms with van der Waals surface area (Å²) in [7, 11) is -3.92. The van der Waals surface area contributed by atoms with Gasteiger partial charge < -0.3 is 0 Å². The van der Waals surface area contributed by atoms with Crippen LogP contribution in [0, 0.1) is 0 Å². The molecule has 1 aromatic heterocycles. The molecule has 1 N–H and O–H groups in total. The second-order valence-electron chi connectivity index (χ2n) is 4.66. The van der Waals surface area contributed by atoms with Crippen LogP contribution in [0.1, 0.15) is 22.3 Å². The number of hydrogen-bond donors (Lipinski definition) is 1. The lowest BCUT2D eigenvalue weighted by molar-refractivity contribution is -0.696. The molecule has 1 aromatic carbocycles. The summed E-state index contributed by atoms with van der Waals surface area (Å²) in [6.07, 6.45) is 3.76. The summed E-state index contributed by atoms with van der Waals surface area (Å²) >= 11 is 0. The Morgan fingerprint density at radius 2 is 1.57 bits per heavy atom. The normalized spacial score (nSPS) is 11.3. The topological polar surface area (TPSA) is 75.3 Å². The largest absolute Gasteiger partial charge is 0.289 e. The number of carbonyl (C=O) groups is 1. The lowest BCUT2D eigenvalue weighted by Gasteiger charge is -2.01. The predicted octanol–water partition coefficient (Wildman–Crippen LogP) is 1.48. The molecule has 21 heavy (non-hydrogen) atoms. The standard InChI is InChI=1S/C15H15NO4S/c17-15(13-5-2-1-3-6-13)14-7-10-16(11-8-14)9-4-12-21(18,19)20/h1-3,5-8,10-11H,4,9,12H2/p+1. The number of benzene rings is 1. The van der Waals surface area contributed by atoms with Crippen molar-refractivity contribution in [3.8, 4) is 0 Å². The maximum atomic E-state index is 12.2. The van der Waals surface area contributed by atoms with Crippen molar-refractivity contribution in [1.29, 1.82) is 0 Å². The van der Waals surface area contributed by atoms with Gasteiger partial charge in [0.25, 0.3) is 10.1 Å². The number of aryl methyl sites for hydroxylation is 1. The first-order valence-corrected chi connectivity index (χ1v) is 8.11. The zero-order valence-corrected chi connectivity index (χ0v) is 12.2. The Labute approximate surface area is 123 Å². The molecule has 110 valence electrons. The highest BCUT2D eigenvalue weighted by atomic mass is 32.2. The summed E-state index contributed by atoms with van der Waals surface area (Å²) in [6.45, 7) is 0.458. The Balaban J connectivity index is 2.01. The number of hydrogen-bond acceptors (Lipinski definition) is 3. The molecule has 6 heteroatoms. The molecule has 2 rings (SSSR count). The van der Waals surface area contributed by atoms with Crippen LogP contribution in [0.25, 0.3) is 0 Å². The average Bonchev–Trinajstić information content (AvgIpc) is 2.47. The van der Waals surface area contributed by atoms with Gasteiger partial charge >= 0.3 is 0 Å². The summed E-state index contributed by atoms with van der Waals surface area (Å²) < 4.78 is 31.7. The molecular weight excluding hydrogens is 290 g/mol. The number of ketones is 1. The Morgan fingerprint density at radius 3 is 2.14 bits per heavy atom. The van der Waals surface area contributed by atoms with E-state index in [0.717, 1.165) is 0 Å². The van der Waals surface area contributed by atoms with Gasteiger partial charge in [0.2, 0.25) is 0 Å². The fourth-order valence-electron chi connectivity index (χ4n) is 1.94. The fraction of sp³-hybridized carbons (Fsp3) is 0.200. The van der Waals surface area contributed by atoms with Crippen LogP contribution in [-0.2, 0) is 16.7 Å². The molecule has 0 amide bonds. The third-order valence-corrected chi connectivity index (χ3v) is 3.81. The number of pyridine rings is 1. The molecule has 0 aliphatic carbocycles. The van der Waals surface area contributed by atoms with Gasteiger partial charge in [-0.3, -0.25) is 9.35 Å². The molecule has 0 fully saturated rings. The Kier molecular flexibility index (Phi) is 4.82. The molecule has 0 saturated carbocycles. The first-order chi connectivity index (χ1) is 9.96. The van der Waals surface area contributed by atoms with E-state index in [1.165, 1.54) is 0 Å². The first kappa shape index (κ1) is 15.3. The Bertz CT molecular complexity index is 709. The molecule has 0 aliphatic rings. The van der Waals surface area contributed by atoms with Gasteiger partial charge in [-0.1, -0.05) is 30.3 Å². The minimum atomic E-state index is -3.92. The third kappa shape index (κ3) is 4.77. The predicted molar refractivity (Wildman–Crippen MR) is 77.5 cm³/mol. The van der Waals surface area contributed by atoms with Gasteiger partial charge in [-0.05, 0) is 0 Å². The number of carbonyl (C=O) groups excluding carboxylic acids is 1. The summed E-state index contributed by atoms with van der Waals surface area (Å²) in [5, 5.41) is 0. The lowest BCUT2D eigenvalue weighted by atomic mass is 10.0. The molecule has 1 heterocycles. The van der Waals surface area contributed by atoms with E-state index < -0.39 is 10.1 Å².